The first-order valence-corrected chi connectivity index (χ1v) is 10.7. The Morgan fingerprint density at radius 3 is 2.53 bits per heavy atom. The van der Waals surface area contributed by atoms with Gasteiger partial charge in [-0.3, -0.25) is 0 Å². The van der Waals surface area contributed by atoms with Gasteiger partial charge in [0.2, 0.25) is 0 Å². The third-order valence-electron chi connectivity index (χ3n) is 5.29. The molecule has 0 saturated carbocycles. The molecule has 9 nitrogen and oxygen atoms in total. The molecule has 4 aromatic rings. The van der Waals surface area contributed by atoms with Gasteiger partial charge >= 0.3 is 12.1 Å². The Morgan fingerprint density at radius 1 is 1.11 bits per heavy atom. The molecular formula is C24H21F3N6O3. The fourth-order valence-electron chi connectivity index (χ4n) is 3.52. The van der Waals surface area contributed by atoms with Crippen molar-refractivity contribution in [2.24, 2.45) is 0 Å². The molecule has 0 fully saturated rings. The molecule has 0 spiro atoms. The van der Waals surface area contributed by atoms with Crippen LogP contribution in [0.5, 0.6) is 0 Å². The lowest BCUT2D eigenvalue weighted by molar-refractivity contribution is -0.137. The summed E-state index contributed by atoms with van der Waals surface area (Å²) in [6, 6.07) is 11.2. The number of pyridine rings is 2. The van der Waals surface area contributed by atoms with Crippen LogP contribution in [-0.4, -0.2) is 49.8 Å². The van der Waals surface area contributed by atoms with E-state index < -0.39 is 23.8 Å². The maximum atomic E-state index is 13.0. The number of aromatic nitrogens is 5. The highest BCUT2D eigenvalue weighted by Crippen LogP contribution is 2.31. The number of aliphatic hydroxyl groups excluding tert-OH is 1. The van der Waals surface area contributed by atoms with E-state index in [1.807, 2.05) is 0 Å². The van der Waals surface area contributed by atoms with Crippen LogP contribution < -0.4 is 5.32 Å². The van der Waals surface area contributed by atoms with Gasteiger partial charge in [0.1, 0.15) is 23.4 Å². The Hall–Kier alpha value is -4.32. The maximum Gasteiger partial charge on any atom is 0.416 e. The molecule has 186 valence electrons. The fourth-order valence-corrected chi connectivity index (χ4v) is 3.52. The third-order valence-corrected chi connectivity index (χ3v) is 5.29. The lowest BCUT2D eigenvalue weighted by atomic mass is 10.1. The molecule has 0 radical (unpaired) electrons. The van der Waals surface area contributed by atoms with Crippen molar-refractivity contribution in [2.75, 3.05) is 19.0 Å². The Labute approximate surface area is 203 Å². The molecule has 0 amide bonds. The van der Waals surface area contributed by atoms with Crippen molar-refractivity contribution in [3.63, 3.8) is 0 Å². The van der Waals surface area contributed by atoms with Crippen molar-refractivity contribution in [1.29, 1.82) is 0 Å². The summed E-state index contributed by atoms with van der Waals surface area (Å²) in [6.07, 6.45) is -1.82. The molecule has 1 unspecified atom stereocenters. The summed E-state index contributed by atoms with van der Waals surface area (Å²) in [5.74, 6) is -0.197. The van der Waals surface area contributed by atoms with Crippen LogP contribution in [0.4, 0.5) is 24.8 Å². The van der Waals surface area contributed by atoms with Crippen LogP contribution >= 0.6 is 0 Å². The third kappa shape index (κ3) is 5.49. The highest BCUT2D eigenvalue weighted by Gasteiger charge is 2.30. The summed E-state index contributed by atoms with van der Waals surface area (Å²) in [7, 11) is 1.29. The summed E-state index contributed by atoms with van der Waals surface area (Å²) in [6.45, 7) is 1.52. The van der Waals surface area contributed by atoms with E-state index >= 15 is 0 Å². The highest BCUT2D eigenvalue weighted by molar-refractivity contribution is 5.89. The van der Waals surface area contributed by atoms with Gasteiger partial charge in [-0.05, 0) is 54.4 Å². The molecule has 0 bridgehead atoms. The number of esters is 1. The summed E-state index contributed by atoms with van der Waals surface area (Å²) in [5, 5.41) is 21.0. The molecule has 3 aromatic heterocycles. The van der Waals surface area contributed by atoms with E-state index in [1.54, 1.807) is 49.5 Å². The Bertz CT molecular complexity index is 1370. The molecule has 1 aromatic carbocycles. The van der Waals surface area contributed by atoms with Crippen molar-refractivity contribution < 1.29 is 27.8 Å². The van der Waals surface area contributed by atoms with E-state index in [2.05, 4.69) is 25.6 Å². The van der Waals surface area contributed by atoms with Gasteiger partial charge in [0.05, 0.1) is 36.7 Å². The van der Waals surface area contributed by atoms with Crippen molar-refractivity contribution in [3.05, 3.63) is 83.2 Å². The minimum Gasteiger partial charge on any atom is -0.465 e. The first kappa shape index (κ1) is 24.8. The number of carbonyl (C=O) groups excluding carboxylic acids is 1. The van der Waals surface area contributed by atoms with Crippen LogP contribution in [0.1, 0.15) is 33.1 Å². The minimum atomic E-state index is -4.49. The fraction of sp³-hybridized carbons (Fsp3) is 0.208. The van der Waals surface area contributed by atoms with Crippen LogP contribution in [0, 0.1) is 6.92 Å². The number of rotatable bonds is 7. The van der Waals surface area contributed by atoms with Gasteiger partial charge in [-0.15, -0.1) is 5.10 Å². The van der Waals surface area contributed by atoms with Crippen LogP contribution in [0.15, 0.2) is 60.9 Å². The lowest BCUT2D eigenvalue weighted by Gasteiger charge is -2.14. The molecule has 12 heteroatoms. The van der Waals surface area contributed by atoms with E-state index in [0.717, 1.165) is 23.9 Å². The van der Waals surface area contributed by atoms with Crippen LogP contribution in [0.25, 0.3) is 11.4 Å². The number of nitrogens with zero attached hydrogens (tertiary/aromatic N) is 5. The smallest absolute Gasteiger partial charge is 0.416 e. The average Bonchev–Trinajstić information content (AvgIpc) is 3.34. The maximum absolute atomic E-state index is 13.0. The largest absolute Gasteiger partial charge is 0.465 e. The van der Waals surface area contributed by atoms with E-state index in [-0.39, 0.29) is 18.2 Å². The van der Waals surface area contributed by atoms with Crippen molar-refractivity contribution in [2.45, 2.75) is 19.1 Å². The van der Waals surface area contributed by atoms with E-state index in [1.165, 1.54) is 11.8 Å². The zero-order chi connectivity index (χ0) is 25.9. The predicted molar refractivity (Wildman–Crippen MR) is 124 cm³/mol. The standard InChI is InChI=1S/C24H21F3N6O3/c1-14-9-18(29-22(10-14)30-21-11-17(7-8-28-21)24(25,26)27)19-12-33(32-31-19)20(13-34)15-3-5-16(6-4-15)23(35)36-2/h3-12,20,34H,13H2,1-2H3,(H,28,29,30). The monoisotopic (exact) mass is 498 g/mol. The first-order chi connectivity index (χ1) is 17.2. The summed E-state index contributed by atoms with van der Waals surface area (Å²) in [4.78, 5) is 20.0. The van der Waals surface area contributed by atoms with Crippen LogP contribution in [0.2, 0.25) is 0 Å². The number of benzene rings is 1. The minimum absolute atomic E-state index is 0.00623. The number of hydrogen-bond donors (Lipinski definition) is 2. The van der Waals surface area contributed by atoms with E-state index in [4.69, 9.17) is 4.74 Å². The molecule has 0 aliphatic heterocycles. The first-order valence-electron chi connectivity index (χ1n) is 10.7. The van der Waals surface area contributed by atoms with Crippen LogP contribution in [-0.2, 0) is 10.9 Å². The number of anilines is 2. The van der Waals surface area contributed by atoms with Gasteiger partial charge in [-0.1, -0.05) is 17.3 Å². The van der Waals surface area contributed by atoms with Gasteiger partial charge in [-0.2, -0.15) is 13.2 Å². The number of halogens is 3. The van der Waals surface area contributed by atoms with Crippen molar-refractivity contribution in [1.82, 2.24) is 25.0 Å². The van der Waals surface area contributed by atoms with Gasteiger partial charge < -0.3 is 15.2 Å². The molecule has 0 aliphatic carbocycles. The van der Waals surface area contributed by atoms with Gasteiger partial charge in [0.15, 0.2) is 0 Å². The van der Waals surface area contributed by atoms with E-state index in [9.17, 15) is 23.1 Å². The summed E-state index contributed by atoms with van der Waals surface area (Å²) < 4.78 is 45.2. The second-order valence-corrected chi connectivity index (χ2v) is 7.86. The molecule has 3 heterocycles. The van der Waals surface area contributed by atoms with Crippen LogP contribution in [0.3, 0.4) is 0 Å². The second kappa shape index (κ2) is 10.1. The zero-order valence-corrected chi connectivity index (χ0v) is 19.2. The second-order valence-electron chi connectivity index (χ2n) is 7.86. The molecular weight excluding hydrogens is 477 g/mol. The van der Waals surface area contributed by atoms with Crippen molar-refractivity contribution >= 4 is 17.6 Å². The number of ether oxygens (including phenoxy) is 1. The molecule has 0 saturated heterocycles. The summed E-state index contributed by atoms with van der Waals surface area (Å²) >= 11 is 0. The van der Waals surface area contributed by atoms with Crippen molar-refractivity contribution in [3.8, 4) is 11.4 Å². The zero-order valence-electron chi connectivity index (χ0n) is 19.2. The predicted octanol–water partition coefficient (Wildman–Crippen LogP) is 4.17. The molecule has 1 atom stereocenters. The number of methoxy groups -OCH3 is 1. The Morgan fingerprint density at radius 2 is 1.86 bits per heavy atom. The average molecular weight is 498 g/mol. The van der Waals surface area contributed by atoms with Gasteiger partial charge in [-0.25, -0.2) is 19.4 Å². The molecule has 2 N–H and O–H groups in total. The Kier molecular flexibility index (Phi) is 6.97. The quantitative estimate of drug-likeness (QED) is 0.365. The topological polar surface area (TPSA) is 115 Å². The van der Waals surface area contributed by atoms with Gasteiger partial charge in [0, 0.05) is 6.20 Å². The SMILES string of the molecule is COC(=O)c1ccc(C(CO)n2cc(-c3cc(C)cc(Nc4cc(C(F)(F)F)ccn4)n3)nn2)cc1. The normalized spacial score (nSPS) is 12.3. The number of alkyl halides is 3. The molecule has 0 aliphatic rings. The summed E-state index contributed by atoms with van der Waals surface area (Å²) in [5.41, 5.74) is 1.83. The number of nitrogens with one attached hydrogen (secondary N) is 1. The number of hydrogen-bond acceptors (Lipinski definition) is 8. The number of aliphatic hydroxyl groups is 1. The number of aryl methyl sites for hydroxylation is 1. The number of carbonyl (C=O) groups is 1. The van der Waals surface area contributed by atoms with E-state index in [0.29, 0.717) is 22.5 Å². The molecule has 4 rings (SSSR count). The highest BCUT2D eigenvalue weighted by atomic mass is 19.4. The van der Waals surface area contributed by atoms with Gasteiger partial charge in [0.25, 0.3) is 0 Å². The lowest BCUT2D eigenvalue weighted by Crippen LogP contribution is -2.15. The Balaban J connectivity index is 1.59. The molecule has 36 heavy (non-hydrogen) atoms.